The van der Waals surface area contributed by atoms with Crippen molar-refractivity contribution in [2.45, 2.75) is 50.0 Å². The van der Waals surface area contributed by atoms with Crippen LogP contribution in [0.1, 0.15) is 39.2 Å². The summed E-state index contributed by atoms with van der Waals surface area (Å²) in [7, 11) is 0. The molecule has 0 aliphatic carbocycles. The van der Waals surface area contributed by atoms with Crippen molar-refractivity contribution in [2.75, 3.05) is 5.43 Å². The number of aliphatic hydroxyl groups is 1. The minimum Gasteiger partial charge on any atom is -0.392 e. The molecule has 96 valence electrons. The third-order valence-corrected chi connectivity index (χ3v) is 3.85. The summed E-state index contributed by atoms with van der Waals surface area (Å²) >= 11 is 1.54. The van der Waals surface area contributed by atoms with E-state index in [4.69, 9.17) is 5.84 Å². The fourth-order valence-electron chi connectivity index (χ4n) is 1.38. The Hall–Kier alpha value is -0.850. The lowest BCUT2D eigenvalue weighted by Gasteiger charge is -2.18. The zero-order chi connectivity index (χ0) is 13.0. The molecule has 17 heavy (non-hydrogen) atoms. The molecule has 6 heteroatoms. The lowest BCUT2D eigenvalue weighted by molar-refractivity contribution is 0.196. The number of nitrogens with zero attached hydrogens (tertiary/aromatic N) is 2. The van der Waals surface area contributed by atoms with Crippen LogP contribution in [0.25, 0.3) is 0 Å². The molecule has 0 radical (unpaired) electrons. The summed E-state index contributed by atoms with van der Waals surface area (Å²) in [5, 5.41) is 10.5. The van der Waals surface area contributed by atoms with E-state index < -0.39 is 0 Å². The molecule has 0 bridgehead atoms. The number of nitrogens with two attached hydrogens (primary N) is 1. The van der Waals surface area contributed by atoms with Gasteiger partial charge < -0.3 is 10.5 Å². The zero-order valence-corrected chi connectivity index (χ0v) is 11.5. The number of hydrogen-bond acceptors (Lipinski definition) is 6. The van der Waals surface area contributed by atoms with Crippen molar-refractivity contribution in [1.82, 2.24) is 9.97 Å². The van der Waals surface area contributed by atoms with Gasteiger partial charge in [-0.2, -0.15) is 0 Å². The molecule has 0 fully saturated rings. The van der Waals surface area contributed by atoms with Gasteiger partial charge >= 0.3 is 0 Å². The Morgan fingerprint density at radius 2 is 1.94 bits per heavy atom. The molecule has 4 N–H and O–H groups in total. The first-order chi connectivity index (χ1) is 7.97. The van der Waals surface area contributed by atoms with Gasteiger partial charge in [0, 0.05) is 10.8 Å². The first kappa shape index (κ1) is 14.2. The van der Waals surface area contributed by atoms with E-state index in [9.17, 15) is 5.11 Å². The van der Waals surface area contributed by atoms with Crippen LogP contribution >= 0.6 is 11.8 Å². The molecule has 1 rings (SSSR count). The van der Waals surface area contributed by atoms with Crippen LogP contribution in [-0.4, -0.2) is 26.4 Å². The number of aliphatic hydroxyl groups excluding tert-OH is 1. The Balaban J connectivity index is 3.06. The summed E-state index contributed by atoms with van der Waals surface area (Å²) in [6.45, 7) is 7.88. The van der Waals surface area contributed by atoms with Crippen molar-refractivity contribution in [2.24, 2.45) is 5.84 Å². The summed E-state index contributed by atoms with van der Waals surface area (Å²) in [5.74, 6) is 6.37. The van der Waals surface area contributed by atoms with Crippen molar-refractivity contribution in [3.05, 3.63) is 11.9 Å². The van der Waals surface area contributed by atoms with E-state index in [1.165, 1.54) is 18.1 Å². The molecule has 0 aliphatic rings. The zero-order valence-electron chi connectivity index (χ0n) is 10.6. The number of hydrogen-bond donors (Lipinski definition) is 3. The Morgan fingerprint density at radius 1 is 1.29 bits per heavy atom. The molecule has 2 atom stereocenters. The molecular formula is C11H20N4OS. The molecule has 2 unspecified atom stereocenters. The van der Waals surface area contributed by atoms with Crippen molar-refractivity contribution in [3.8, 4) is 0 Å². The van der Waals surface area contributed by atoms with Crippen LogP contribution in [0.15, 0.2) is 11.4 Å². The number of nitrogen functional groups attached to an aromatic ring is 1. The van der Waals surface area contributed by atoms with Gasteiger partial charge in [0.15, 0.2) is 0 Å². The van der Waals surface area contributed by atoms with E-state index in [0.717, 1.165) is 10.6 Å². The highest BCUT2D eigenvalue weighted by molar-refractivity contribution is 7.99. The highest BCUT2D eigenvalue weighted by Gasteiger charge is 2.18. The second-order valence-electron chi connectivity index (χ2n) is 4.30. The Kier molecular flexibility index (Phi) is 5.17. The lowest BCUT2D eigenvalue weighted by Crippen LogP contribution is -2.17. The van der Waals surface area contributed by atoms with Gasteiger partial charge in [0.2, 0.25) is 0 Å². The molecule has 1 aromatic heterocycles. The number of thioether (sulfide) groups is 1. The second kappa shape index (κ2) is 6.18. The third kappa shape index (κ3) is 3.55. The molecule has 0 amide bonds. The molecule has 1 heterocycles. The second-order valence-corrected chi connectivity index (χ2v) is 5.67. The van der Waals surface area contributed by atoms with Crippen LogP contribution in [0, 0.1) is 0 Å². The minimum atomic E-state index is -0.385. The minimum absolute atomic E-state index is 0.0769. The number of aromatic nitrogens is 2. The molecule has 0 saturated carbocycles. The van der Waals surface area contributed by atoms with E-state index in [1.807, 2.05) is 6.92 Å². The predicted octanol–water partition coefficient (Wildman–Crippen LogP) is 1.75. The van der Waals surface area contributed by atoms with Gasteiger partial charge in [-0.25, -0.2) is 15.8 Å². The molecule has 0 saturated heterocycles. The van der Waals surface area contributed by atoms with Crippen molar-refractivity contribution >= 4 is 17.6 Å². The third-order valence-electron chi connectivity index (χ3n) is 2.54. The number of hydrazine groups is 1. The van der Waals surface area contributed by atoms with E-state index in [-0.39, 0.29) is 17.3 Å². The highest BCUT2D eigenvalue weighted by atomic mass is 32.2. The first-order valence-corrected chi connectivity index (χ1v) is 6.51. The van der Waals surface area contributed by atoms with Crippen LogP contribution in [0.3, 0.4) is 0 Å². The van der Waals surface area contributed by atoms with Crippen LogP contribution < -0.4 is 11.3 Å². The maximum Gasteiger partial charge on any atom is 0.147 e. The van der Waals surface area contributed by atoms with E-state index in [1.54, 1.807) is 6.92 Å². The average Bonchev–Trinajstić information content (AvgIpc) is 2.27. The number of anilines is 1. The van der Waals surface area contributed by atoms with E-state index >= 15 is 0 Å². The van der Waals surface area contributed by atoms with E-state index in [0.29, 0.717) is 5.82 Å². The molecule has 0 spiro atoms. The SMILES string of the molecule is CC(C)c1c(NN)ncnc1SC(C)C(C)O. The Labute approximate surface area is 106 Å². The van der Waals surface area contributed by atoms with E-state index in [2.05, 4.69) is 29.2 Å². The Bertz CT molecular complexity index is 370. The number of rotatable bonds is 5. The van der Waals surface area contributed by atoms with Crippen LogP contribution in [0.4, 0.5) is 5.82 Å². The van der Waals surface area contributed by atoms with Gasteiger partial charge in [0.1, 0.15) is 17.2 Å². The quantitative estimate of drug-likeness (QED) is 0.322. The summed E-state index contributed by atoms with van der Waals surface area (Å²) in [6.07, 6.45) is 1.10. The summed E-state index contributed by atoms with van der Waals surface area (Å²) < 4.78 is 0. The fourth-order valence-corrected chi connectivity index (χ4v) is 2.50. The van der Waals surface area contributed by atoms with Gasteiger partial charge in [-0.05, 0) is 12.8 Å². The van der Waals surface area contributed by atoms with Crippen LogP contribution in [-0.2, 0) is 0 Å². The average molecular weight is 256 g/mol. The summed E-state index contributed by atoms with van der Waals surface area (Å²) in [6, 6.07) is 0. The van der Waals surface area contributed by atoms with Gasteiger partial charge in [-0.1, -0.05) is 20.8 Å². The summed E-state index contributed by atoms with van der Waals surface area (Å²) in [5.41, 5.74) is 3.59. The first-order valence-electron chi connectivity index (χ1n) is 5.63. The monoisotopic (exact) mass is 256 g/mol. The topological polar surface area (TPSA) is 84.1 Å². The molecule has 1 aromatic rings. The molecule has 0 aliphatic heterocycles. The van der Waals surface area contributed by atoms with Gasteiger partial charge in [0.05, 0.1) is 6.10 Å². The van der Waals surface area contributed by atoms with Crippen molar-refractivity contribution in [1.29, 1.82) is 0 Å². The van der Waals surface area contributed by atoms with Crippen LogP contribution in [0.5, 0.6) is 0 Å². The molecular weight excluding hydrogens is 236 g/mol. The predicted molar refractivity (Wildman–Crippen MR) is 70.9 cm³/mol. The highest BCUT2D eigenvalue weighted by Crippen LogP contribution is 2.33. The maximum atomic E-state index is 9.53. The van der Waals surface area contributed by atoms with Gasteiger partial charge in [-0.3, -0.25) is 0 Å². The Morgan fingerprint density at radius 3 is 2.41 bits per heavy atom. The molecule has 0 aromatic carbocycles. The number of nitrogens with one attached hydrogen (secondary N) is 1. The normalized spacial score (nSPS) is 14.8. The van der Waals surface area contributed by atoms with Gasteiger partial charge in [0.25, 0.3) is 0 Å². The lowest BCUT2D eigenvalue weighted by atomic mass is 10.1. The maximum absolute atomic E-state index is 9.53. The van der Waals surface area contributed by atoms with Crippen LogP contribution in [0.2, 0.25) is 0 Å². The van der Waals surface area contributed by atoms with Crippen molar-refractivity contribution in [3.63, 3.8) is 0 Å². The van der Waals surface area contributed by atoms with Crippen molar-refractivity contribution < 1.29 is 5.11 Å². The fraction of sp³-hybridized carbons (Fsp3) is 0.636. The molecule has 5 nitrogen and oxygen atoms in total. The smallest absolute Gasteiger partial charge is 0.147 e. The standard InChI is InChI=1S/C11H20N4OS/c1-6(2)9-10(15-12)13-5-14-11(9)17-8(4)7(3)16/h5-8,16H,12H2,1-4H3,(H,13,14,15). The van der Waals surface area contributed by atoms with Gasteiger partial charge in [-0.15, -0.1) is 11.8 Å². The summed E-state index contributed by atoms with van der Waals surface area (Å²) in [4.78, 5) is 8.38. The largest absolute Gasteiger partial charge is 0.392 e.